The summed E-state index contributed by atoms with van der Waals surface area (Å²) < 4.78 is 6.94. The standard InChI is InChI=1S/C18H17ClN4O2S/c1-3-8-23-15(13-4-6-14(19)7-5-13)10-20-18(23)26-11-17(24)21-16-9-12(2)25-22-16/h3-7,9-10H,1,8,11H2,2H3,(H,21,22,24). The number of imidazole rings is 1. The molecule has 0 fully saturated rings. The van der Waals surface area contributed by atoms with E-state index in [2.05, 4.69) is 22.0 Å². The van der Waals surface area contributed by atoms with Crippen LogP contribution in [0.1, 0.15) is 5.76 Å². The van der Waals surface area contributed by atoms with Crippen molar-refractivity contribution < 1.29 is 9.32 Å². The molecule has 8 heteroatoms. The molecule has 0 aliphatic carbocycles. The lowest BCUT2D eigenvalue weighted by Crippen LogP contribution is -2.14. The number of hydrogen-bond acceptors (Lipinski definition) is 5. The maximum Gasteiger partial charge on any atom is 0.236 e. The molecule has 0 aliphatic rings. The molecule has 0 atom stereocenters. The van der Waals surface area contributed by atoms with Gasteiger partial charge in [0, 0.05) is 17.6 Å². The van der Waals surface area contributed by atoms with Gasteiger partial charge in [0.25, 0.3) is 0 Å². The van der Waals surface area contributed by atoms with E-state index < -0.39 is 0 Å². The Labute approximate surface area is 160 Å². The van der Waals surface area contributed by atoms with Crippen molar-refractivity contribution in [3.8, 4) is 11.3 Å². The zero-order chi connectivity index (χ0) is 18.5. The van der Waals surface area contributed by atoms with Crippen molar-refractivity contribution in [3.05, 3.63) is 60.0 Å². The number of halogens is 1. The quantitative estimate of drug-likeness (QED) is 0.479. The molecule has 1 amide bonds. The van der Waals surface area contributed by atoms with Crippen LogP contribution in [0.2, 0.25) is 5.02 Å². The SMILES string of the molecule is C=CCn1c(-c2ccc(Cl)cc2)cnc1SCC(=O)Nc1cc(C)on1. The summed E-state index contributed by atoms with van der Waals surface area (Å²) in [5.74, 6) is 1.08. The molecule has 134 valence electrons. The Balaban J connectivity index is 1.72. The molecular formula is C18H17ClN4O2S. The number of rotatable bonds is 7. The van der Waals surface area contributed by atoms with E-state index in [-0.39, 0.29) is 11.7 Å². The van der Waals surface area contributed by atoms with Crippen LogP contribution in [-0.4, -0.2) is 26.4 Å². The molecule has 2 heterocycles. The summed E-state index contributed by atoms with van der Waals surface area (Å²) in [5.41, 5.74) is 1.94. The van der Waals surface area contributed by atoms with Crippen LogP contribution in [0.25, 0.3) is 11.3 Å². The van der Waals surface area contributed by atoms with Crippen LogP contribution in [0.4, 0.5) is 5.82 Å². The molecule has 0 saturated heterocycles. The van der Waals surface area contributed by atoms with Gasteiger partial charge in [0.1, 0.15) is 5.76 Å². The Morgan fingerprint density at radius 3 is 2.85 bits per heavy atom. The highest BCUT2D eigenvalue weighted by molar-refractivity contribution is 7.99. The topological polar surface area (TPSA) is 73.0 Å². The second-order valence-electron chi connectivity index (χ2n) is 5.49. The number of thioether (sulfide) groups is 1. The number of aryl methyl sites for hydroxylation is 1. The van der Waals surface area contributed by atoms with Crippen molar-refractivity contribution in [1.29, 1.82) is 0 Å². The predicted octanol–water partition coefficient (Wildman–Crippen LogP) is 4.42. The summed E-state index contributed by atoms with van der Waals surface area (Å²) >= 11 is 7.31. The van der Waals surface area contributed by atoms with Crippen molar-refractivity contribution in [2.45, 2.75) is 18.6 Å². The van der Waals surface area contributed by atoms with Crippen molar-refractivity contribution in [3.63, 3.8) is 0 Å². The number of allylic oxidation sites excluding steroid dienone is 1. The molecule has 0 bridgehead atoms. The Kier molecular flexibility index (Phi) is 5.80. The Hall–Kier alpha value is -2.51. The van der Waals surface area contributed by atoms with Crippen molar-refractivity contribution in [2.75, 3.05) is 11.1 Å². The highest BCUT2D eigenvalue weighted by atomic mass is 35.5. The first-order valence-corrected chi connectivity index (χ1v) is 9.21. The third-order valence-corrected chi connectivity index (χ3v) is 4.74. The number of benzene rings is 1. The lowest BCUT2D eigenvalue weighted by atomic mass is 10.2. The Bertz CT molecular complexity index is 918. The maximum atomic E-state index is 12.1. The van der Waals surface area contributed by atoms with Gasteiger partial charge in [-0.2, -0.15) is 0 Å². The molecular weight excluding hydrogens is 372 g/mol. The fourth-order valence-corrected chi connectivity index (χ4v) is 3.28. The minimum Gasteiger partial charge on any atom is -0.360 e. The molecule has 1 N–H and O–H groups in total. The summed E-state index contributed by atoms with van der Waals surface area (Å²) in [7, 11) is 0. The van der Waals surface area contributed by atoms with Gasteiger partial charge in [-0.25, -0.2) is 4.98 Å². The van der Waals surface area contributed by atoms with Gasteiger partial charge in [-0.05, 0) is 24.6 Å². The summed E-state index contributed by atoms with van der Waals surface area (Å²) in [6.45, 7) is 6.16. The minimum absolute atomic E-state index is 0.176. The number of nitrogens with zero attached hydrogens (tertiary/aromatic N) is 3. The molecule has 3 rings (SSSR count). The van der Waals surface area contributed by atoms with E-state index in [1.54, 1.807) is 25.3 Å². The minimum atomic E-state index is -0.176. The molecule has 3 aromatic rings. The van der Waals surface area contributed by atoms with Crippen LogP contribution >= 0.6 is 23.4 Å². The zero-order valence-corrected chi connectivity index (χ0v) is 15.7. The van der Waals surface area contributed by atoms with E-state index in [9.17, 15) is 4.79 Å². The summed E-state index contributed by atoms with van der Waals surface area (Å²) in [6.07, 6.45) is 3.58. The Morgan fingerprint density at radius 1 is 1.42 bits per heavy atom. The number of carbonyl (C=O) groups excluding carboxylic acids is 1. The van der Waals surface area contributed by atoms with Gasteiger partial charge in [0.2, 0.25) is 5.91 Å². The number of amides is 1. The molecule has 1 aromatic carbocycles. The predicted molar refractivity (Wildman–Crippen MR) is 103 cm³/mol. The van der Waals surface area contributed by atoms with E-state index >= 15 is 0 Å². The molecule has 0 spiro atoms. The van der Waals surface area contributed by atoms with E-state index in [1.165, 1.54) is 11.8 Å². The molecule has 2 aromatic heterocycles. The molecule has 0 radical (unpaired) electrons. The lowest BCUT2D eigenvalue weighted by Gasteiger charge is -2.09. The number of anilines is 1. The number of nitrogens with one attached hydrogen (secondary N) is 1. The van der Waals surface area contributed by atoms with Gasteiger partial charge in [-0.1, -0.05) is 46.7 Å². The summed E-state index contributed by atoms with van der Waals surface area (Å²) in [5, 5.41) is 7.86. The first-order chi connectivity index (χ1) is 12.6. The lowest BCUT2D eigenvalue weighted by molar-refractivity contribution is -0.113. The molecule has 0 aliphatic heterocycles. The van der Waals surface area contributed by atoms with Gasteiger partial charge in [-0.3, -0.25) is 4.79 Å². The van der Waals surface area contributed by atoms with E-state index in [1.807, 2.05) is 28.8 Å². The van der Waals surface area contributed by atoms with Gasteiger partial charge in [0.05, 0.1) is 17.6 Å². The molecule has 0 unspecified atom stereocenters. The third kappa shape index (κ3) is 4.36. The summed E-state index contributed by atoms with van der Waals surface area (Å²) in [4.78, 5) is 16.5. The van der Waals surface area contributed by atoms with E-state index in [4.69, 9.17) is 16.1 Å². The zero-order valence-electron chi connectivity index (χ0n) is 14.1. The maximum absolute atomic E-state index is 12.1. The highest BCUT2D eigenvalue weighted by Crippen LogP contribution is 2.27. The van der Waals surface area contributed by atoms with Crippen molar-refractivity contribution in [1.82, 2.24) is 14.7 Å². The highest BCUT2D eigenvalue weighted by Gasteiger charge is 2.14. The van der Waals surface area contributed by atoms with Crippen LogP contribution < -0.4 is 5.32 Å². The average molecular weight is 389 g/mol. The smallest absolute Gasteiger partial charge is 0.236 e. The first-order valence-electron chi connectivity index (χ1n) is 7.85. The van der Waals surface area contributed by atoms with Crippen LogP contribution in [-0.2, 0) is 11.3 Å². The van der Waals surface area contributed by atoms with Crippen LogP contribution in [0, 0.1) is 6.92 Å². The van der Waals surface area contributed by atoms with Gasteiger partial charge < -0.3 is 14.4 Å². The van der Waals surface area contributed by atoms with Crippen molar-refractivity contribution >= 4 is 35.1 Å². The fraction of sp³-hybridized carbons (Fsp3) is 0.167. The van der Waals surface area contributed by atoms with Gasteiger partial charge in [0.15, 0.2) is 11.0 Å². The first kappa shape index (κ1) is 18.3. The molecule has 26 heavy (non-hydrogen) atoms. The average Bonchev–Trinajstić information content (AvgIpc) is 3.20. The van der Waals surface area contributed by atoms with Crippen LogP contribution in [0.15, 0.2) is 58.9 Å². The Morgan fingerprint density at radius 2 is 2.19 bits per heavy atom. The number of aromatic nitrogens is 3. The number of hydrogen-bond donors (Lipinski definition) is 1. The monoisotopic (exact) mass is 388 g/mol. The normalized spacial score (nSPS) is 10.7. The molecule has 0 saturated carbocycles. The van der Waals surface area contributed by atoms with Gasteiger partial charge in [-0.15, -0.1) is 6.58 Å². The fourth-order valence-electron chi connectivity index (χ4n) is 2.36. The van der Waals surface area contributed by atoms with E-state index in [0.29, 0.717) is 23.1 Å². The van der Waals surface area contributed by atoms with Crippen LogP contribution in [0.5, 0.6) is 0 Å². The van der Waals surface area contributed by atoms with Crippen molar-refractivity contribution in [2.24, 2.45) is 0 Å². The summed E-state index contributed by atoms with van der Waals surface area (Å²) in [6, 6.07) is 9.21. The van der Waals surface area contributed by atoms with Crippen LogP contribution in [0.3, 0.4) is 0 Å². The number of carbonyl (C=O) groups is 1. The molecule has 6 nitrogen and oxygen atoms in total. The van der Waals surface area contributed by atoms with Gasteiger partial charge >= 0.3 is 0 Å². The van der Waals surface area contributed by atoms with E-state index in [0.717, 1.165) is 16.4 Å². The second-order valence-corrected chi connectivity index (χ2v) is 6.87. The second kappa shape index (κ2) is 8.25. The third-order valence-electron chi connectivity index (χ3n) is 3.50. The largest absolute Gasteiger partial charge is 0.360 e.